The van der Waals surface area contributed by atoms with Crippen LogP contribution in [0.3, 0.4) is 0 Å². The molecule has 0 heterocycles. The number of nitrogens with zero attached hydrogens (tertiary/aromatic N) is 1. The van der Waals surface area contributed by atoms with Gasteiger partial charge in [0, 0.05) is 24.8 Å². The Morgan fingerprint density at radius 1 is 1.36 bits per heavy atom. The largest absolute Gasteiger partial charge is 0.370 e. The smallest absolute Gasteiger partial charge is 0.123 e. The first-order chi connectivity index (χ1) is 6.63. The summed E-state index contributed by atoms with van der Waals surface area (Å²) in [6.45, 7) is 5.70. The van der Waals surface area contributed by atoms with E-state index in [1.807, 2.05) is 6.92 Å². The van der Waals surface area contributed by atoms with Gasteiger partial charge in [0.15, 0.2) is 0 Å². The van der Waals surface area contributed by atoms with Gasteiger partial charge < -0.3 is 10.6 Å². The Balaban J connectivity index is 2.73. The van der Waals surface area contributed by atoms with Gasteiger partial charge in [0.25, 0.3) is 0 Å². The van der Waals surface area contributed by atoms with E-state index in [1.54, 1.807) is 12.1 Å². The van der Waals surface area contributed by atoms with Crippen molar-refractivity contribution in [2.45, 2.75) is 19.9 Å². The zero-order valence-corrected chi connectivity index (χ0v) is 8.70. The number of anilines is 1. The van der Waals surface area contributed by atoms with E-state index in [9.17, 15) is 4.39 Å². The number of hydrogen-bond acceptors (Lipinski definition) is 2. The Morgan fingerprint density at radius 2 is 1.93 bits per heavy atom. The van der Waals surface area contributed by atoms with Gasteiger partial charge in [0.05, 0.1) is 0 Å². The SMILES string of the molecule is CCN(C[C@@H](C)N)c1ccc(F)cc1. The Labute approximate surface area is 84.5 Å². The quantitative estimate of drug-likeness (QED) is 0.798. The van der Waals surface area contributed by atoms with Gasteiger partial charge in [-0.1, -0.05) is 0 Å². The summed E-state index contributed by atoms with van der Waals surface area (Å²) < 4.78 is 12.7. The molecule has 1 atom stereocenters. The number of hydrogen-bond donors (Lipinski definition) is 1. The van der Waals surface area contributed by atoms with Gasteiger partial charge in [-0.2, -0.15) is 0 Å². The van der Waals surface area contributed by atoms with E-state index in [0.29, 0.717) is 0 Å². The molecule has 3 heteroatoms. The number of nitrogens with two attached hydrogens (primary N) is 1. The van der Waals surface area contributed by atoms with Crippen molar-refractivity contribution in [2.24, 2.45) is 5.73 Å². The summed E-state index contributed by atoms with van der Waals surface area (Å²) in [7, 11) is 0. The maximum Gasteiger partial charge on any atom is 0.123 e. The third-order valence-corrected chi connectivity index (χ3v) is 2.08. The standard InChI is InChI=1S/C11H17FN2/c1-3-14(8-9(2)13)11-6-4-10(12)5-7-11/h4-7,9H,3,8,13H2,1-2H3/t9-/m1/s1. The second-order valence-electron chi connectivity index (χ2n) is 3.49. The molecule has 0 aliphatic heterocycles. The van der Waals surface area contributed by atoms with Crippen LogP contribution in [0.2, 0.25) is 0 Å². The third-order valence-electron chi connectivity index (χ3n) is 2.08. The average molecular weight is 196 g/mol. The van der Waals surface area contributed by atoms with E-state index in [-0.39, 0.29) is 11.9 Å². The normalized spacial score (nSPS) is 12.6. The van der Waals surface area contributed by atoms with E-state index in [2.05, 4.69) is 11.8 Å². The highest BCUT2D eigenvalue weighted by atomic mass is 19.1. The van der Waals surface area contributed by atoms with Crippen molar-refractivity contribution < 1.29 is 4.39 Å². The van der Waals surface area contributed by atoms with E-state index in [0.717, 1.165) is 18.8 Å². The topological polar surface area (TPSA) is 29.3 Å². The van der Waals surface area contributed by atoms with Crippen molar-refractivity contribution in [3.8, 4) is 0 Å². The maximum absolute atomic E-state index is 12.7. The first kappa shape index (κ1) is 11.0. The van der Waals surface area contributed by atoms with Crippen LogP contribution in [0.25, 0.3) is 0 Å². The molecule has 78 valence electrons. The van der Waals surface area contributed by atoms with Crippen LogP contribution in [0.15, 0.2) is 24.3 Å². The minimum atomic E-state index is -0.203. The highest BCUT2D eigenvalue weighted by Crippen LogP contribution is 2.14. The molecule has 0 amide bonds. The van der Waals surface area contributed by atoms with Crippen LogP contribution < -0.4 is 10.6 Å². The Morgan fingerprint density at radius 3 is 2.36 bits per heavy atom. The molecular weight excluding hydrogens is 179 g/mol. The highest BCUT2D eigenvalue weighted by molar-refractivity contribution is 5.46. The fourth-order valence-corrected chi connectivity index (χ4v) is 1.42. The zero-order chi connectivity index (χ0) is 10.6. The summed E-state index contributed by atoms with van der Waals surface area (Å²) >= 11 is 0. The van der Waals surface area contributed by atoms with Crippen LogP contribution in [-0.2, 0) is 0 Å². The molecule has 0 spiro atoms. The van der Waals surface area contributed by atoms with Crippen LogP contribution in [0, 0.1) is 5.82 Å². The Hall–Kier alpha value is -1.09. The molecule has 1 aromatic carbocycles. The second kappa shape index (κ2) is 4.96. The fourth-order valence-electron chi connectivity index (χ4n) is 1.42. The van der Waals surface area contributed by atoms with Crippen LogP contribution >= 0.6 is 0 Å². The molecule has 0 aromatic heterocycles. The lowest BCUT2D eigenvalue weighted by molar-refractivity contribution is 0.626. The van der Waals surface area contributed by atoms with E-state index in [1.165, 1.54) is 12.1 Å². The van der Waals surface area contributed by atoms with Gasteiger partial charge in [0.2, 0.25) is 0 Å². The molecule has 0 aliphatic rings. The number of benzene rings is 1. The van der Waals surface area contributed by atoms with Crippen LogP contribution in [0.4, 0.5) is 10.1 Å². The molecule has 0 aliphatic carbocycles. The number of rotatable bonds is 4. The fraction of sp³-hybridized carbons (Fsp3) is 0.455. The minimum absolute atomic E-state index is 0.125. The zero-order valence-electron chi connectivity index (χ0n) is 8.70. The molecule has 0 bridgehead atoms. The van der Waals surface area contributed by atoms with Crippen molar-refractivity contribution in [1.29, 1.82) is 0 Å². The third kappa shape index (κ3) is 3.00. The van der Waals surface area contributed by atoms with Crippen molar-refractivity contribution >= 4 is 5.69 Å². The molecule has 0 saturated carbocycles. The molecular formula is C11H17FN2. The van der Waals surface area contributed by atoms with E-state index in [4.69, 9.17) is 5.73 Å². The van der Waals surface area contributed by atoms with Crippen molar-refractivity contribution in [3.05, 3.63) is 30.1 Å². The molecule has 0 fully saturated rings. The molecule has 0 unspecified atom stereocenters. The summed E-state index contributed by atoms with van der Waals surface area (Å²) in [5, 5.41) is 0. The number of likely N-dealkylation sites (N-methyl/N-ethyl adjacent to an activating group) is 1. The predicted octanol–water partition coefficient (Wildman–Crippen LogP) is 2.00. The lowest BCUT2D eigenvalue weighted by atomic mass is 10.2. The number of halogens is 1. The van der Waals surface area contributed by atoms with Gasteiger partial charge in [-0.25, -0.2) is 4.39 Å². The monoisotopic (exact) mass is 196 g/mol. The molecule has 1 aromatic rings. The van der Waals surface area contributed by atoms with E-state index >= 15 is 0 Å². The first-order valence-electron chi connectivity index (χ1n) is 4.89. The molecule has 2 N–H and O–H groups in total. The van der Waals surface area contributed by atoms with E-state index < -0.39 is 0 Å². The Bertz CT molecular complexity index is 269. The van der Waals surface area contributed by atoms with Crippen molar-refractivity contribution in [1.82, 2.24) is 0 Å². The summed E-state index contributed by atoms with van der Waals surface area (Å²) in [5.41, 5.74) is 6.74. The lowest BCUT2D eigenvalue weighted by Gasteiger charge is -2.24. The highest BCUT2D eigenvalue weighted by Gasteiger charge is 2.05. The van der Waals surface area contributed by atoms with Crippen molar-refractivity contribution in [3.63, 3.8) is 0 Å². The first-order valence-corrected chi connectivity index (χ1v) is 4.89. The van der Waals surface area contributed by atoms with Gasteiger partial charge in [-0.05, 0) is 38.1 Å². The van der Waals surface area contributed by atoms with Gasteiger partial charge >= 0.3 is 0 Å². The van der Waals surface area contributed by atoms with Crippen LogP contribution in [0.5, 0.6) is 0 Å². The van der Waals surface area contributed by atoms with Crippen LogP contribution in [0.1, 0.15) is 13.8 Å². The van der Waals surface area contributed by atoms with Crippen LogP contribution in [-0.4, -0.2) is 19.1 Å². The van der Waals surface area contributed by atoms with Gasteiger partial charge in [-0.3, -0.25) is 0 Å². The second-order valence-corrected chi connectivity index (χ2v) is 3.49. The maximum atomic E-state index is 12.7. The summed E-state index contributed by atoms with van der Waals surface area (Å²) in [5.74, 6) is -0.203. The lowest BCUT2D eigenvalue weighted by Crippen LogP contribution is -2.35. The summed E-state index contributed by atoms with van der Waals surface area (Å²) in [4.78, 5) is 2.13. The summed E-state index contributed by atoms with van der Waals surface area (Å²) in [6.07, 6.45) is 0. The molecule has 2 nitrogen and oxygen atoms in total. The van der Waals surface area contributed by atoms with Crippen molar-refractivity contribution in [2.75, 3.05) is 18.0 Å². The molecule has 0 saturated heterocycles. The Kier molecular flexibility index (Phi) is 3.89. The average Bonchev–Trinajstić information content (AvgIpc) is 2.15. The minimum Gasteiger partial charge on any atom is -0.370 e. The molecule has 0 radical (unpaired) electrons. The summed E-state index contributed by atoms with van der Waals surface area (Å²) in [6, 6.07) is 6.63. The van der Waals surface area contributed by atoms with Gasteiger partial charge in [-0.15, -0.1) is 0 Å². The molecule has 1 rings (SSSR count). The van der Waals surface area contributed by atoms with Gasteiger partial charge in [0.1, 0.15) is 5.82 Å². The molecule has 14 heavy (non-hydrogen) atoms. The predicted molar refractivity (Wildman–Crippen MR) is 57.9 cm³/mol.